The molecule has 0 radical (unpaired) electrons. The number of thioether (sulfide) groups is 1. The molecule has 0 bridgehead atoms. The van der Waals surface area contributed by atoms with Crippen molar-refractivity contribution in [3.8, 4) is 0 Å². The van der Waals surface area contributed by atoms with E-state index < -0.39 is 0 Å². The average molecular weight is 130 g/mol. The maximum absolute atomic E-state index is 2.34. The number of hydrogen-bond acceptors (Lipinski definition) is 1. The Morgan fingerprint density at radius 2 is 2.12 bits per heavy atom. The molecule has 48 valence electrons. The number of hydrogen-bond donors (Lipinski definition) is 0. The first-order valence-electron chi connectivity index (χ1n) is 3.44. The Morgan fingerprint density at radius 3 is 2.50 bits per heavy atom. The Balaban J connectivity index is 1.98. The summed E-state index contributed by atoms with van der Waals surface area (Å²) < 4.78 is 0. The third kappa shape index (κ3) is 1.41. The third-order valence-electron chi connectivity index (χ3n) is 1.73. The molecule has 1 rings (SSSR count). The van der Waals surface area contributed by atoms with E-state index in [1.165, 1.54) is 18.6 Å². The molecule has 0 aromatic carbocycles. The molecule has 0 heterocycles. The van der Waals surface area contributed by atoms with Crippen LogP contribution in [0.4, 0.5) is 0 Å². The van der Waals surface area contributed by atoms with E-state index in [0.29, 0.717) is 0 Å². The van der Waals surface area contributed by atoms with Gasteiger partial charge in [-0.15, -0.1) is 0 Å². The van der Waals surface area contributed by atoms with Gasteiger partial charge in [0.25, 0.3) is 0 Å². The van der Waals surface area contributed by atoms with E-state index in [2.05, 4.69) is 25.6 Å². The minimum absolute atomic E-state index is 1.02. The lowest BCUT2D eigenvalue weighted by Crippen LogP contribution is -2.23. The molecule has 1 fully saturated rings. The minimum atomic E-state index is 1.02. The molecule has 1 saturated carbocycles. The van der Waals surface area contributed by atoms with Gasteiger partial charge in [-0.3, -0.25) is 0 Å². The van der Waals surface area contributed by atoms with Crippen LogP contribution in [-0.2, 0) is 0 Å². The topological polar surface area (TPSA) is 0 Å². The first-order valence-corrected chi connectivity index (χ1v) is 4.49. The van der Waals surface area contributed by atoms with Gasteiger partial charge in [0.15, 0.2) is 0 Å². The van der Waals surface area contributed by atoms with Gasteiger partial charge < -0.3 is 0 Å². The van der Waals surface area contributed by atoms with E-state index in [0.717, 1.165) is 11.2 Å². The van der Waals surface area contributed by atoms with Crippen molar-refractivity contribution in [1.82, 2.24) is 0 Å². The zero-order valence-electron chi connectivity index (χ0n) is 5.68. The first kappa shape index (κ1) is 6.47. The smallest absolute Gasteiger partial charge is 0.00520 e. The molecular weight excluding hydrogens is 116 g/mol. The van der Waals surface area contributed by atoms with Gasteiger partial charge in [-0.2, -0.15) is 11.8 Å². The van der Waals surface area contributed by atoms with Crippen LogP contribution in [0.5, 0.6) is 0 Å². The summed E-state index contributed by atoms with van der Waals surface area (Å²) in [6.45, 7) is 4.58. The molecule has 0 nitrogen and oxygen atoms in total. The van der Waals surface area contributed by atoms with Gasteiger partial charge in [0.1, 0.15) is 0 Å². The molecule has 0 amide bonds. The Labute approximate surface area is 56.0 Å². The van der Waals surface area contributed by atoms with Gasteiger partial charge in [0.2, 0.25) is 0 Å². The van der Waals surface area contributed by atoms with Crippen molar-refractivity contribution in [2.45, 2.75) is 31.9 Å². The van der Waals surface area contributed by atoms with Crippen LogP contribution >= 0.6 is 11.8 Å². The van der Waals surface area contributed by atoms with Crippen LogP contribution in [0.3, 0.4) is 0 Å². The summed E-state index contributed by atoms with van der Waals surface area (Å²) in [5, 5.41) is 1.02. The second-order valence-corrected chi connectivity index (χ2v) is 4.23. The molecule has 0 aliphatic heterocycles. The van der Waals surface area contributed by atoms with E-state index in [1.807, 2.05) is 0 Å². The largest absolute Gasteiger partial charge is 0.159 e. The fourth-order valence-electron chi connectivity index (χ4n) is 1.20. The van der Waals surface area contributed by atoms with E-state index in [-0.39, 0.29) is 0 Å². The highest BCUT2D eigenvalue weighted by Crippen LogP contribution is 2.35. The molecule has 8 heavy (non-hydrogen) atoms. The van der Waals surface area contributed by atoms with Gasteiger partial charge in [0, 0.05) is 5.25 Å². The highest BCUT2D eigenvalue weighted by atomic mass is 32.2. The van der Waals surface area contributed by atoms with Crippen molar-refractivity contribution >= 4 is 11.8 Å². The van der Waals surface area contributed by atoms with Gasteiger partial charge in [0.05, 0.1) is 0 Å². The van der Waals surface area contributed by atoms with Crippen molar-refractivity contribution in [3.63, 3.8) is 0 Å². The quantitative estimate of drug-likeness (QED) is 0.553. The number of rotatable bonds is 2. The fourth-order valence-corrected chi connectivity index (χ4v) is 2.60. The lowest BCUT2D eigenvalue weighted by atomic mass is 9.87. The average Bonchev–Trinajstić information content (AvgIpc) is 1.64. The normalized spacial score (nSPS) is 36.8. The predicted molar refractivity (Wildman–Crippen MR) is 40.3 cm³/mol. The molecular formula is C7H14S. The maximum atomic E-state index is 2.34. The fraction of sp³-hybridized carbons (Fsp3) is 1.00. The van der Waals surface area contributed by atoms with Crippen LogP contribution < -0.4 is 0 Å². The van der Waals surface area contributed by atoms with Gasteiger partial charge >= 0.3 is 0 Å². The molecule has 1 aliphatic rings. The summed E-state index contributed by atoms with van der Waals surface area (Å²) in [6.07, 6.45) is 2.94. The van der Waals surface area contributed by atoms with Crippen molar-refractivity contribution in [3.05, 3.63) is 0 Å². The molecule has 1 heteroatoms. The lowest BCUT2D eigenvalue weighted by Gasteiger charge is -2.31. The molecule has 0 atom stereocenters. The van der Waals surface area contributed by atoms with Crippen LogP contribution in [0.15, 0.2) is 0 Å². The van der Waals surface area contributed by atoms with E-state index in [1.54, 1.807) is 0 Å². The second-order valence-electron chi connectivity index (χ2n) is 2.65. The zero-order valence-corrected chi connectivity index (χ0v) is 6.50. The predicted octanol–water partition coefficient (Wildman–Crippen LogP) is 2.54. The summed E-state index contributed by atoms with van der Waals surface area (Å²) in [5.74, 6) is 2.33. The molecule has 0 spiro atoms. The Hall–Kier alpha value is 0.350. The van der Waals surface area contributed by atoms with Crippen molar-refractivity contribution in [2.24, 2.45) is 5.92 Å². The minimum Gasteiger partial charge on any atom is -0.159 e. The van der Waals surface area contributed by atoms with E-state index in [9.17, 15) is 0 Å². The molecule has 0 N–H and O–H groups in total. The third-order valence-corrected chi connectivity index (χ3v) is 2.92. The zero-order chi connectivity index (χ0) is 5.98. The van der Waals surface area contributed by atoms with Crippen LogP contribution in [0.2, 0.25) is 0 Å². The van der Waals surface area contributed by atoms with Crippen LogP contribution in [-0.4, -0.2) is 11.0 Å². The van der Waals surface area contributed by atoms with Crippen LogP contribution in [0.1, 0.15) is 26.7 Å². The standard InChI is InChI=1S/C7H14S/c1-3-8-7-4-6(2)5-7/h6-7H,3-5H2,1-2H3. The van der Waals surface area contributed by atoms with E-state index in [4.69, 9.17) is 0 Å². The van der Waals surface area contributed by atoms with Gasteiger partial charge in [-0.05, 0) is 24.5 Å². The first-order chi connectivity index (χ1) is 3.83. The Morgan fingerprint density at radius 1 is 1.50 bits per heavy atom. The molecule has 0 aromatic rings. The monoisotopic (exact) mass is 130 g/mol. The van der Waals surface area contributed by atoms with Crippen molar-refractivity contribution < 1.29 is 0 Å². The summed E-state index contributed by atoms with van der Waals surface area (Å²) in [4.78, 5) is 0. The summed E-state index contributed by atoms with van der Waals surface area (Å²) in [7, 11) is 0. The van der Waals surface area contributed by atoms with Crippen LogP contribution in [0.25, 0.3) is 0 Å². The Bertz CT molecular complexity index is 62.0. The molecule has 1 aliphatic carbocycles. The van der Waals surface area contributed by atoms with Gasteiger partial charge in [-0.25, -0.2) is 0 Å². The maximum Gasteiger partial charge on any atom is 0.00520 e. The van der Waals surface area contributed by atoms with Crippen molar-refractivity contribution in [1.29, 1.82) is 0 Å². The molecule has 0 saturated heterocycles. The highest BCUT2D eigenvalue weighted by molar-refractivity contribution is 7.99. The SMILES string of the molecule is CCSC1CC(C)C1. The highest BCUT2D eigenvalue weighted by Gasteiger charge is 2.24. The molecule has 0 aromatic heterocycles. The Kier molecular flexibility index (Phi) is 2.24. The van der Waals surface area contributed by atoms with Crippen molar-refractivity contribution in [2.75, 3.05) is 5.75 Å². The second kappa shape index (κ2) is 2.77. The van der Waals surface area contributed by atoms with Crippen LogP contribution in [0, 0.1) is 5.92 Å². The van der Waals surface area contributed by atoms with Gasteiger partial charge in [-0.1, -0.05) is 13.8 Å². The summed E-state index contributed by atoms with van der Waals surface area (Å²) in [6, 6.07) is 0. The lowest BCUT2D eigenvalue weighted by molar-refractivity contribution is 0.360. The molecule has 0 unspecified atom stereocenters. The van der Waals surface area contributed by atoms with E-state index >= 15 is 0 Å². The summed E-state index contributed by atoms with van der Waals surface area (Å²) >= 11 is 2.12. The summed E-state index contributed by atoms with van der Waals surface area (Å²) in [5.41, 5.74) is 0.